The summed E-state index contributed by atoms with van der Waals surface area (Å²) in [6.45, 7) is 1.54. The zero-order chi connectivity index (χ0) is 6.69. The van der Waals surface area contributed by atoms with Gasteiger partial charge in [0.2, 0.25) is 0 Å². The van der Waals surface area contributed by atoms with Gasteiger partial charge in [-0.15, -0.1) is 0 Å². The Labute approximate surface area is 52.7 Å². The second-order valence-corrected chi connectivity index (χ2v) is 1.64. The molecule has 0 N–H and O–H groups in total. The van der Waals surface area contributed by atoms with Crippen molar-refractivity contribution < 1.29 is 19.0 Å². The van der Waals surface area contributed by atoms with E-state index in [4.69, 9.17) is 9.47 Å². The lowest BCUT2D eigenvalue weighted by Crippen LogP contribution is -2.15. The predicted octanol–water partition coefficient (Wildman–Crippen LogP) is -0.120. The van der Waals surface area contributed by atoms with Gasteiger partial charge in [-0.25, -0.2) is 0 Å². The van der Waals surface area contributed by atoms with Gasteiger partial charge in [0.15, 0.2) is 0 Å². The van der Waals surface area contributed by atoms with Crippen molar-refractivity contribution in [3.63, 3.8) is 0 Å². The predicted molar refractivity (Wildman–Crippen MR) is 27.5 cm³/mol. The topological polar surface area (TPSA) is 44.8 Å². The maximum Gasteiger partial charge on any atom is 0.318 e. The standard InChI is InChI=1S/C5H8O4/c1-4(6)9-5-7-2-3-8-5/h5H,2-3H2,1H3. The molecule has 0 aromatic carbocycles. The number of ether oxygens (including phenoxy) is 3. The molecule has 0 amide bonds. The largest absolute Gasteiger partial charge is 0.410 e. The van der Waals surface area contributed by atoms with Crippen molar-refractivity contribution in [3.8, 4) is 0 Å². The summed E-state index contributed by atoms with van der Waals surface area (Å²) in [4.78, 5) is 10.2. The van der Waals surface area contributed by atoms with Gasteiger partial charge in [0.25, 0.3) is 0 Å². The van der Waals surface area contributed by atoms with Gasteiger partial charge in [0.1, 0.15) is 0 Å². The monoisotopic (exact) mass is 132 g/mol. The lowest BCUT2D eigenvalue weighted by Gasteiger charge is -2.06. The molecular formula is C5H8O4. The molecule has 1 rings (SSSR count). The Kier molecular flexibility index (Phi) is 2.02. The van der Waals surface area contributed by atoms with Crippen LogP contribution in [0.1, 0.15) is 6.92 Å². The SMILES string of the molecule is CC(=O)OC1OCCO1. The van der Waals surface area contributed by atoms with Gasteiger partial charge >= 0.3 is 12.4 Å². The minimum Gasteiger partial charge on any atom is -0.410 e. The summed E-state index contributed by atoms with van der Waals surface area (Å²) in [5, 5.41) is 0. The first-order valence-electron chi connectivity index (χ1n) is 2.69. The first kappa shape index (κ1) is 6.51. The summed E-state index contributed by atoms with van der Waals surface area (Å²) in [6, 6.07) is 0. The normalized spacial score (nSPS) is 20.1. The summed E-state index contributed by atoms with van der Waals surface area (Å²) in [7, 11) is 0. The molecule has 1 heterocycles. The average Bonchev–Trinajstić information content (AvgIpc) is 2.15. The van der Waals surface area contributed by atoms with Crippen molar-refractivity contribution in [2.75, 3.05) is 13.2 Å². The van der Waals surface area contributed by atoms with Gasteiger partial charge in [-0.2, -0.15) is 0 Å². The molecule has 1 aliphatic heterocycles. The van der Waals surface area contributed by atoms with E-state index >= 15 is 0 Å². The first-order chi connectivity index (χ1) is 4.29. The second kappa shape index (κ2) is 2.80. The molecule has 0 atom stereocenters. The lowest BCUT2D eigenvalue weighted by molar-refractivity contribution is -0.225. The summed E-state index contributed by atoms with van der Waals surface area (Å²) in [5.41, 5.74) is 0. The van der Waals surface area contributed by atoms with Crippen LogP contribution in [0.5, 0.6) is 0 Å². The third kappa shape index (κ3) is 1.99. The Morgan fingerprint density at radius 3 is 2.56 bits per heavy atom. The maximum absolute atomic E-state index is 10.2. The fraction of sp³-hybridized carbons (Fsp3) is 0.800. The zero-order valence-electron chi connectivity index (χ0n) is 5.12. The molecule has 1 aliphatic rings. The molecule has 52 valence electrons. The van der Waals surface area contributed by atoms with Crippen LogP contribution in [0, 0.1) is 0 Å². The van der Waals surface area contributed by atoms with Crippen molar-refractivity contribution in [1.82, 2.24) is 0 Å². The van der Waals surface area contributed by atoms with Crippen molar-refractivity contribution in [2.24, 2.45) is 0 Å². The Morgan fingerprint density at radius 1 is 1.56 bits per heavy atom. The highest BCUT2D eigenvalue weighted by molar-refractivity contribution is 5.65. The molecule has 0 aromatic heterocycles. The van der Waals surface area contributed by atoms with Crippen LogP contribution in [-0.2, 0) is 19.0 Å². The maximum atomic E-state index is 10.2. The van der Waals surface area contributed by atoms with E-state index in [1.165, 1.54) is 6.92 Å². The van der Waals surface area contributed by atoms with Crippen LogP contribution in [0.4, 0.5) is 0 Å². The van der Waals surface area contributed by atoms with Crippen LogP contribution in [0.3, 0.4) is 0 Å². The van der Waals surface area contributed by atoms with E-state index in [9.17, 15) is 4.79 Å². The zero-order valence-corrected chi connectivity index (χ0v) is 5.12. The number of esters is 1. The van der Waals surface area contributed by atoms with Crippen LogP contribution < -0.4 is 0 Å². The van der Waals surface area contributed by atoms with Crippen molar-refractivity contribution in [1.29, 1.82) is 0 Å². The average molecular weight is 132 g/mol. The molecule has 0 bridgehead atoms. The van der Waals surface area contributed by atoms with Crippen LogP contribution in [0.15, 0.2) is 0 Å². The van der Waals surface area contributed by atoms with Gasteiger partial charge in [-0.1, -0.05) is 0 Å². The molecule has 0 aliphatic carbocycles. The molecule has 1 fully saturated rings. The number of carbonyl (C=O) groups is 1. The van der Waals surface area contributed by atoms with Crippen molar-refractivity contribution in [3.05, 3.63) is 0 Å². The highest BCUT2D eigenvalue weighted by atomic mass is 16.9. The van der Waals surface area contributed by atoms with E-state index in [1.807, 2.05) is 0 Å². The van der Waals surface area contributed by atoms with E-state index < -0.39 is 6.48 Å². The number of hydrogen-bond acceptors (Lipinski definition) is 4. The molecule has 0 radical (unpaired) electrons. The van der Waals surface area contributed by atoms with E-state index in [0.29, 0.717) is 13.2 Å². The van der Waals surface area contributed by atoms with Crippen molar-refractivity contribution >= 4 is 5.97 Å². The molecule has 0 unspecified atom stereocenters. The Morgan fingerprint density at radius 2 is 2.11 bits per heavy atom. The molecular weight excluding hydrogens is 124 g/mol. The fourth-order valence-corrected chi connectivity index (χ4v) is 0.540. The number of carbonyl (C=O) groups excluding carboxylic acids is 1. The van der Waals surface area contributed by atoms with Gasteiger partial charge in [0.05, 0.1) is 13.2 Å². The van der Waals surface area contributed by atoms with E-state index in [2.05, 4.69) is 4.74 Å². The minimum absolute atomic E-state index is 0.387. The number of hydrogen-bond donors (Lipinski definition) is 0. The van der Waals surface area contributed by atoms with Crippen LogP contribution in [-0.4, -0.2) is 25.7 Å². The molecule has 0 saturated carbocycles. The van der Waals surface area contributed by atoms with Gasteiger partial charge in [0, 0.05) is 6.92 Å². The van der Waals surface area contributed by atoms with Gasteiger partial charge in [-0.05, 0) is 0 Å². The third-order valence-corrected chi connectivity index (χ3v) is 0.853. The molecule has 0 spiro atoms. The second-order valence-electron chi connectivity index (χ2n) is 1.64. The smallest absolute Gasteiger partial charge is 0.318 e. The Balaban J connectivity index is 2.19. The molecule has 1 saturated heterocycles. The van der Waals surface area contributed by atoms with Crippen LogP contribution >= 0.6 is 0 Å². The Hall–Kier alpha value is -0.610. The highest BCUT2D eigenvalue weighted by Gasteiger charge is 2.17. The molecule has 0 aromatic rings. The Bertz CT molecular complexity index is 106. The van der Waals surface area contributed by atoms with E-state index in [0.717, 1.165) is 0 Å². The first-order valence-corrected chi connectivity index (χ1v) is 2.69. The lowest BCUT2D eigenvalue weighted by atomic mass is 10.8. The highest BCUT2D eigenvalue weighted by Crippen LogP contribution is 2.04. The summed E-state index contributed by atoms with van der Waals surface area (Å²) < 4.78 is 14.1. The van der Waals surface area contributed by atoms with Crippen LogP contribution in [0.2, 0.25) is 0 Å². The summed E-state index contributed by atoms with van der Waals surface area (Å²) >= 11 is 0. The fourth-order valence-electron chi connectivity index (χ4n) is 0.540. The molecule has 9 heavy (non-hydrogen) atoms. The summed E-state index contributed by atoms with van der Waals surface area (Å²) in [6.07, 6.45) is 0. The third-order valence-electron chi connectivity index (χ3n) is 0.853. The molecule has 4 nitrogen and oxygen atoms in total. The minimum atomic E-state index is -0.762. The quantitative estimate of drug-likeness (QED) is 0.466. The van der Waals surface area contributed by atoms with Crippen molar-refractivity contribution in [2.45, 2.75) is 13.4 Å². The molecule has 4 heteroatoms. The van der Waals surface area contributed by atoms with Gasteiger partial charge in [-0.3, -0.25) is 4.79 Å². The van der Waals surface area contributed by atoms with E-state index in [-0.39, 0.29) is 5.97 Å². The summed E-state index contributed by atoms with van der Waals surface area (Å²) in [5.74, 6) is -0.387. The van der Waals surface area contributed by atoms with E-state index in [1.54, 1.807) is 0 Å². The van der Waals surface area contributed by atoms with Crippen LogP contribution in [0.25, 0.3) is 0 Å². The van der Waals surface area contributed by atoms with Gasteiger partial charge < -0.3 is 14.2 Å². The number of rotatable bonds is 1.